The van der Waals surface area contributed by atoms with Gasteiger partial charge in [-0.15, -0.1) is 0 Å². The Morgan fingerprint density at radius 2 is 1.53 bits per heavy atom. The van der Waals surface area contributed by atoms with E-state index in [0.29, 0.717) is 60.9 Å². The van der Waals surface area contributed by atoms with Crippen LogP contribution >= 0.6 is 23.2 Å². The molecule has 2 bridgehead atoms. The van der Waals surface area contributed by atoms with Crippen molar-refractivity contribution in [2.24, 2.45) is 35.5 Å². The van der Waals surface area contributed by atoms with E-state index >= 15 is 0 Å². The number of Topliss-reactive ketones (excluding diaryl/α,β-unsaturated/α-hetero) is 1. The standard InChI is InChI=1S/C36H26Cl2N2O5/c1-17-28(38)13-12-24-27(36(44)45-16-30(41)19-2-6-20(37)7-3-19)15-29(39-33(17)24)18-4-8-21(9-5-18)40-34(42)31-22-10-11-23(26-14-25(22)26)32(31)35(40)43/h2-13,15,22-23,25-26,31-32H,14,16H2,1H3. The molecule has 45 heavy (non-hydrogen) atoms. The summed E-state index contributed by atoms with van der Waals surface area (Å²) in [6, 6.07) is 18.4. The van der Waals surface area contributed by atoms with Gasteiger partial charge in [0.15, 0.2) is 12.4 Å². The maximum atomic E-state index is 13.6. The smallest absolute Gasteiger partial charge is 0.339 e. The van der Waals surface area contributed by atoms with Gasteiger partial charge in [-0.2, -0.15) is 0 Å². The molecule has 1 aliphatic heterocycles. The summed E-state index contributed by atoms with van der Waals surface area (Å²) in [5.41, 5.74) is 3.50. The van der Waals surface area contributed by atoms with Crippen LogP contribution < -0.4 is 4.90 Å². The molecule has 0 spiro atoms. The Balaban J connectivity index is 1.09. The first-order valence-corrected chi connectivity index (χ1v) is 15.7. The summed E-state index contributed by atoms with van der Waals surface area (Å²) in [7, 11) is 0. The van der Waals surface area contributed by atoms with Gasteiger partial charge in [-0.25, -0.2) is 9.78 Å². The van der Waals surface area contributed by atoms with Crippen molar-refractivity contribution in [3.8, 4) is 11.3 Å². The highest BCUT2D eigenvalue weighted by Crippen LogP contribution is 2.65. The maximum absolute atomic E-state index is 13.6. The average Bonchev–Trinajstić information content (AvgIpc) is 3.84. The number of halogens is 2. The van der Waals surface area contributed by atoms with Crippen molar-refractivity contribution in [3.05, 3.63) is 106 Å². The van der Waals surface area contributed by atoms with Gasteiger partial charge < -0.3 is 4.74 Å². The van der Waals surface area contributed by atoms with Gasteiger partial charge in [0.25, 0.3) is 0 Å². The fourth-order valence-electron chi connectivity index (χ4n) is 7.64. The highest BCUT2D eigenvalue weighted by atomic mass is 35.5. The summed E-state index contributed by atoms with van der Waals surface area (Å²) in [4.78, 5) is 59.4. The van der Waals surface area contributed by atoms with Crippen LogP contribution in [0.1, 0.15) is 32.7 Å². The van der Waals surface area contributed by atoms with Gasteiger partial charge in [0.2, 0.25) is 11.8 Å². The van der Waals surface area contributed by atoms with Crippen LogP contribution in [0.15, 0.2) is 78.9 Å². The minimum absolute atomic E-state index is 0.116. The number of nitrogens with zero attached hydrogens (tertiary/aromatic N) is 2. The SMILES string of the molecule is Cc1c(Cl)ccc2c(C(=O)OCC(=O)c3ccc(Cl)cc3)cc(-c3ccc(N4C(=O)C5C6C=CC(C7CC67)C5C4=O)cc3)nc12. The van der Waals surface area contributed by atoms with E-state index in [4.69, 9.17) is 32.9 Å². The Morgan fingerprint density at radius 3 is 2.18 bits per heavy atom. The molecule has 3 fully saturated rings. The Bertz CT molecular complexity index is 1950. The molecule has 2 amide bonds. The first-order valence-electron chi connectivity index (χ1n) is 14.9. The van der Waals surface area contributed by atoms with Crippen molar-refractivity contribution in [1.29, 1.82) is 0 Å². The third-order valence-corrected chi connectivity index (χ3v) is 10.6. The van der Waals surface area contributed by atoms with Gasteiger partial charge in [-0.1, -0.05) is 53.6 Å². The van der Waals surface area contributed by atoms with E-state index in [9.17, 15) is 19.2 Å². The van der Waals surface area contributed by atoms with E-state index in [1.165, 1.54) is 4.90 Å². The molecule has 9 heteroatoms. The molecule has 4 aromatic rings. The number of pyridine rings is 1. The molecule has 2 heterocycles. The monoisotopic (exact) mass is 636 g/mol. The van der Waals surface area contributed by atoms with Crippen LogP contribution in [0, 0.1) is 42.4 Å². The van der Waals surface area contributed by atoms with Gasteiger partial charge in [-0.3, -0.25) is 19.3 Å². The van der Waals surface area contributed by atoms with Gasteiger partial charge in [0.05, 0.1) is 34.3 Å². The topological polar surface area (TPSA) is 93.6 Å². The molecule has 1 aromatic heterocycles. The molecule has 1 saturated heterocycles. The number of aromatic nitrogens is 1. The van der Waals surface area contributed by atoms with Crippen molar-refractivity contribution in [1.82, 2.24) is 4.98 Å². The Morgan fingerprint density at radius 1 is 0.889 bits per heavy atom. The van der Waals surface area contributed by atoms with Crippen molar-refractivity contribution >= 4 is 63.4 Å². The number of hydrogen-bond donors (Lipinski definition) is 0. The minimum atomic E-state index is -0.679. The number of rotatable bonds is 6. The lowest BCUT2D eigenvalue weighted by Crippen LogP contribution is -2.40. The van der Waals surface area contributed by atoms with Crippen LogP contribution in [0.3, 0.4) is 0 Å². The molecule has 6 atom stereocenters. The van der Waals surface area contributed by atoms with Gasteiger partial charge in [0, 0.05) is 26.6 Å². The summed E-state index contributed by atoms with van der Waals surface area (Å²) in [5.74, 6) is -0.437. The van der Waals surface area contributed by atoms with Crippen molar-refractivity contribution in [3.63, 3.8) is 0 Å². The normalized spacial score (nSPS) is 25.8. The Kier molecular flexibility index (Phi) is 6.48. The zero-order valence-corrected chi connectivity index (χ0v) is 25.6. The maximum Gasteiger partial charge on any atom is 0.339 e. The van der Waals surface area contributed by atoms with E-state index in [0.717, 1.165) is 6.42 Å². The summed E-state index contributed by atoms with van der Waals surface area (Å²) < 4.78 is 5.46. The quantitative estimate of drug-likeness (QED) is 0.0968. The zero-order valence-electron chi connectivity index (χ0n) is 24.1. The van der Waals surface area contributed by atoms with Gasteiger partial charge in [0.1, 0.15) is 0 Å². The molecule has 4 aliphatic carbocycles. The molecular weight excluding hydrogens is 611 g/mol. The molecule has 5 aliphatic rings. The lowest BCUT2D eigenvalue weighted by molar-refractivity contribution is -0.124. The number of esters is 1. The van der Waals surface area contributed by atoms with Crippen LogP contribution in [-0.4, -0.2) is 35.2 Å². The molecule has 3 aromatic carbocycles. The molecule has 0 N–H and O–H groups in total. The molecule has 2 saturated carbocycles. The van der Waals surface area contributed by atoms with Crippen LogP contribution in [0.25, 0.3) is 22.2 Å². The zero-order chi connectivity index (χ0) is 31.1. The Hall–Kier alpha value is -4.33. The van der Waals surface area contributed by atoms with E-state index in [1.54, 1.807) is 66.7 Å². The number of aryl methyl sites for hydroxylation is 1. The van der Waals surface area contributed by atoms with Crippen LogP contribution in [-0.2, 0) is 14.3 Å². The van der Waals surface area contributed by atoms with Crippen LogP contribution in [0.4, 0.5) is 5.69 Å². The van der Waals surface area contributed by atoms with Crippen LogP contribution in [0.2, 0.25) is 10.0 Å². The largest absolute Gasteiger partial charge is 0.454 e. The lowest BCUT2D eigenvalue weighted by atomic mass is 9.63. The number of benzene rings is 3. The summed E-state index contributed by atoms with van der Waals surface area (Å²) in [6.07, 6.45) is 5.43. The van der Waals surface area contributed by atoms with Crippen LogP contribution in [0.5, 0.6) is 0 Å². The van der Waals surface area contributed by atoms with E-state index in [2.05, 4.69) is 12.2 Å². The predicted molar refractivity (Wildman–Crippen MR) is 170 cm³/mol. The first kappa shape index (κ1) is 28.2. The number of ether oxygens (including phenoxy) is 1. The molecule has 6 unspecified atom stereocenters. The average molecular weight is 638 g/mol. The molecule has 0 radical (unpaired) electrons. The summed E-state index contributed by atoms with van der Waals surface area (Å²) in [5, 5.41) is 1.53. The number of imide groups is 1. The lowest BCUT2D eigenvalue weighted by Gasteiger charge is -2.37. The first-order chi connectivity index (χ1) is 21.7. The van der Waals surface area contributed by atoms with Gasteiger partial charge >= 0.3 is 5.97 Å². The van der Waals surface area contributed by atoms with E-state index < -0.39 is 12.6 Å². The second kappa shape index (κ2) is 10.4. The molecule has 7 nitrogen and oxygen atoms in total. The van der Waals surface area contributed by atoms with E-state index in [-0.39, 0.29) is 46.8 Å². The highest BCUT2D eigenvalue weighted by molar-refractivity contribution is 6.32. The molecular formula is C36H26Cl2N2O5. The number of allylic oxidation sites excluding steroid dienone is 2. The number of carbonyl (C=O) groups is 4. The predicted octanol–water partition coefficient (Wildman–Crippen LogP) is 7.11. The van der Waals surface area contributed by atoms with Crippen molar-refractivity contribution in [2.75, 3.05) is 11.5 Å². The fraction of sp³-hybridized carbons (Fsp3) is 0.250. The Labute approximate surface area is 268 Å². The number of hydrogen-bond acceptors (Lipinski definition) is 6. The number of anilines is 1. The number of carbonyl (C=O) groups excluding carboxylic acids is 4. The third-order valence-electron chi connectivity index (χ3n) is 9.97. The summed E-state index contributed by atoms with van der Waals surface area (Å²) >= 11 is 12.3. The third kappa shape index (κ3) is 4.43. The van der Waals surface area contributed by atoms with Crippen molar-refractivity contribution in [2.45, 2.75) is 13.3 Å². The minimum Gasteiger partial charge on any atom is -0.454 e. The second-order valence-electron chi connectivity index (χ2n) is 12.3. The summed E-state index contributed by atoms with van der Waals surface area (Å²) in [6.45, 7) is 1.37. The van der Waals surface area contributed by atoms with Crippen molar-refractivity contribution < 1.29 is 23.9 Å². The number of fused-ring (bicyclic) bond motifs is 1. The number of ketones is 1. The number of amides is 2. The highest BCUT2D eigenvalue weighted by Gasteiger charge is 2.67. The molecule has 224 valence electrons. The second-order valence-corrected chi connectivity index (χ2v) is 13.2. The molecule has 9 rings (SSSR count). The van der Waals surface area contributed by atoms with E-state index in [1.807, 2.05) is 6.92 Å². The van der Waals surface area contributed by atoms with Gasteiger partial charge in [-0.05, 0) is 91.1 Å². The fourth-order valence-corrected chi connectivity index (χ4v) is 7.92.